The lowest BCUT2D eigenvalue weighted by Crippen LogP contribution is -2.66. The molecule has 6 rings (SSSR count). The molecule has 0 saturated carbocycles. The van der Waals surface area contributed by atoms with Crippen molar-refractivity contribution < 1.29 is 28.6 Å². The van der Waals surface area contributed by atoms with Crippen molar-refractivity contribution in [1.82, 2.24) is 15.2 Å². The number of aromatic nitrogens is 1. The molecular formula is C30H33N3O6. The maximum atomic E-state index is 14.0. The topological polar surface area (TPSA) is 110 Å². The van der Waals surface area contributed by atoms with Gasteiger partial charge < -0.3 is 29.4 Å². The van der Waals surface area contributed by atoms with Gasteiger partial charge in [-0.2, -0.15) is 0 Å². The van der Waals surface area contributed by atoms with E-state index in [-0.39, 0.29) is 25.0 Å². The Kier molecular flexibility index (Phi) is 6.89. The third-order valence-corrected chi connectivity index (χ3v) is 7.90. The average molecular weight is 532 g/mol. The molecule has 0 spiro atoms. The molecule has 9 nitrogen and oxygen atoms in total. The smallest absolute Gasteiger partial charge is 0.308 e. The second-order valence-corrected chi connectivity index (χ2v) is 10.4. The van der Waals surface area contributed by atoms with Crippen LogP contribution in [0.4, 0.5) is 0 Å². The SMILES string of the molecule is CCCCCCCOC(=O)C[C@@H]1NC(=O)[C@H]2Cc3c([nH]c4ccccc34)[C@@H](c3ccc4c(c3)OCO4)N2C1=O. The number of hydrogen-bond donors (Lipinski definition) is 2. The van der Waals surface area contributed by atoms with Crippen LogP contribution in [0, 0.1) is 0 Å². The highest BCUT2D eigenvalue weighted by molar-refractivity contribution is 6.00. The van der Waals surface area contributed by atoms with Crippen molar-refractivity contribution in [3.05, 3.63) is 59.3 Å². The Hall–Kier alpha value is -4.01. The van der Waals surface area contributed by atoms with Crippen molar-refractivity contribution in [2.75, 3.05) is 13.4 Å². The molecule has 4 heterocycles. The summed E-state index contributed by atoms with van der Waals surface area (Å²) in [6.45, 7) is 2.61. The predicted molar refractivity (Wildman–Crippen MR) is 143 cm³/mol. The standard InChI is InChI=1S/C30H33N3O6/c1-2-3-4-5-8-13-37-26(34)16-22-30(36)33-23(29(35)32-22)15-20-19-9-6-7-10-21(19)31-27(20)28(33)18-11-12-24-25(14-18)39-17-38-24/h6-7,9-12,14,22-23,28,31H,2-5,8,13,15-17H2,1H3,(H,32,35)/t22-,23+,28+/m0/s1. The van der Waals surface area contributed by atoms with E-state index in [0.29, 0.717) is 24.5 Å². The van der Waals surface area contributed by atoms with Crippen LogP contribution >= 0.6 is 0 Å². The van der Waals surface area contributed by atoms with Crippen LogP contribution in [0.2, 0.25) is 0 Å². The van der Waals surface area contributed by atoms with E-state index in [4.69, 9.17) is 14.2 Å². The number of carbonyl (C=O) groups is 3. The number of nitrogens with one attached hydrogen (secondary N) is 2. The maximum Gasteiger partial charge on any atom is 0.308 e. The van der Waals surface area contributed by atoms with Crippen molar-refractivity contribution in [3.8, 4) is 11.5 Å². The maximum absolute atomic E-state index is 14.0. The first-order valence-electron chi connectivity index (χ1n) is 13.8. The monoisotopic (exact) mass is 531 g/mol. The summed E-state index contributed by atoms with van der Waals surface area (Å²) < 4.78 is 16.5. The van der Waals surface area contributed by atoms with Gasteiger partial charge in [-0.05, 0) is 35.7 Å². The number of esters is 1. The van der Waals surface area contributed by atoms with Crippen molar-refractivity contribution in [2.45, 2.75) is 70.0 Å². The van der Waals surface area contributed by atoms with Gasteiger partial charge in [-0.25, -0.2) is 0 Å². The zero-order chi connectivity index (χ0) is 26.9. The second kappa shape index (κ2) is 10.6. The number of carbonyl (C=O) groups excluding carboxylic acids is 3. The fourth-order valence-corrected chi connectivity index (χ4v) is 5.96. The molecule has 9 heteroatoms. The summed E-state index contributed by atoms with van der Waals surface area (Å²) in [4.78, 5) is 45.2. The normalized spacial score (nSPS) is 21.5. The first-order chi connectivity index (χ1) is 19.0. The third-order valence-electron chi connectivity index (χ3n) is 7.90. The molecule has 3 aliphatic rings. The van der Waals surface area contributed by atoms with Gasteiger partial charge in [0.1, 0.15) is 12.1 Å². The lowest BCUT2D eigenvalue weighted by Gasteiger charge is -2.46. The van der Waals surface area contributed by atoms with E-state index in [9.17, 15) is 14.4 Å². The zero-order valence-electron chi connectivity index (χ0n) is 22.0. The fourth-order valence-electron chi connectivity index (χ4n) is 5.96. The van der Waals surface area contributed by atoms with Crippen LogP contribution < -0.4 is 14.8 Å². The van der Waals surface area contributed by atoms with Crippen molar-refractivity contribution in [3.63, 3.8) is 0 Å². The number of nitrogens with zero attached hydrogens (tertiary/aromatic N) is 1. The quantitative estimate of drug-likeness (QED) is 0.317. The van der Waals surface area contributed by atoms with Crippen LogP contribution in [-0.2, 0) is 25.5 Å². The van der Waals surface area contributed by atoms with Gasteiger partial charge in [0.05, 0.1) is 19.1 Å². The van der Waals surface area contributed by atoms with Gasteiger partial charge in [-0.3, -0.25) is 14.4 Å². The Labute approximate surface area is 226 Å². The third kappa shape index (κ3) is 4.70. The molecule has 2 amide bonds. The summed E-state index contributed by atoms with van der Waals surface area (Å²) in [5.74, 6) is 0.187. The fraction of sp³-hybridized carbons (Fsp3) is 0.433. The highest BCUT2D eigenvalue weighted by atomic mass is 16.7. The molecule has 0 radical (unpaired) electrons. The van der Waals surface area contributed by atoms with E-state index in [1.54, 1.807) is 4.90 Å². The predicted octanol–water partition coefficient (Wildman–Crippen LogP) is 4.14. The highest BCUT2D eigenvalue weighted by Gasteiger charge is 2.49. The van der Waals surface area contributed by atoms with Crippen molar-refractivity contribution >= 4 is 28.7 Å². The molecule has 3 atom stereocenters. The number of aromatic amines is 1. The largest absolute Gasteiger partial charge is 0.466 e. The number of benzene rings is 2. The van der Waals surface area contributed by atoms with E-state index in [1.807, 2.05) is 42.5 Å². The number of piperazine rings is 1. The first-order valence-corrected chi connectivity index (χ1v) is 13.8. The summed E-state index contributed by atoms with van der Waals surface area (Å²) >= 11 is 0. The lowest BCUT2D eigenvalue weighted by molar-refractivity contribution is -0.156. The average Bonchev–Trinajstić information content (AvgIpc) is 3.56. The van der Waals surface area contributed by atoms with E-state index in [2.05, 4.69) is 17.2 Å². The molecule has 0 bridgehead atoms. The summed E-state index contributed by atoms with van der Waals surface area (Å²) in [5.41, 5.74) is 3.62. The number of fused-ring (bicyclic) bond motifs is 5. The number of para-hydroxylation sites is 1. The van der Waals surface area contributed by atoms with E-state index >= 15 is 0 Å². The van der Waals surface area contributed by atoms with Crippen molar-refractivity contribution in [2.24, 2.45) is 0 Å². The molecule has 1 fully saturated rings. The molecule has 2 aromatic carbocycles. The minimum atomic E-state index is -0.983. The highest BCUT2D eigenvalue weighted by Crippen LogP contribution is 2.44. The summed E-state index contributed by atoms with van der Waals surface area (Å²) in [7, 11) is 0. The molecule has 3 aromatic rings. The van der Waals surface area contributed by atoms with Crippen LogP contribution in [-0.4, -0.2) is 53.2 Å². The van der Waals surface area contributed by atoms with Gasteiger partial charge in [0.25, 0.3) is 0 Å². The van der Waals surface area contributed by atoms with Crippen LogP contribution in [0.3, 0.4) is 0 Å². The van der Waals surface area contributed by atoms with Crippen LogP contribution in [0.5, 0.6) is 11.5 Å². The molecule has 0 unspecified atom stereocenters. The second-order valence-electron chi connectivity index (χ2n) is 10.4. The molecule has 3 aliphatic heterocycles. The van der Waals surface area contributed by atoms with Gasteiger partial charge in [-0.1, -0.05) is 56.9 Å². The van der Waals surface area contributed by atoms with E-state index in [1.165, 1.54) is 0 Å². The number of ether oxygens (including phenoxy) is 3. The summed E-state index contributed by atoms with van der Waals surface area (Å²) in [6, 6.07) is 11.3. The van der Waals surface area contributed by atoms with Gasteiger partial charge in [0.2, 0.25) is 18.6 Å². The van der Waals surface area contributed by atoms with Crippen molar-refractivity contribution in [1.29, 1.82) is 0 Å². The van der Waals surface area contributed by atoms with Gasteiger partial charge >= 0.3 is 5.97 Å². The van der Waals surface area contributed by atoms with Crippen LogP contribution in [0.1, 0.15) is 68.3 Å². The van der Waals surface area contributed by atoms with Crippen LogP contribution in [0.15, 0.2) is 42.5 Å². The molecule has 1 saturated heterocycles. The summed E-state index contributed by atoms with van der Waals surface area (Å²) in [6.07, 6.45) is 5.39. The molecular weight excluding hydrogens is 498 g/mol. The van der Waals surface area contributed by atoms with E-state index in [0.717, 1.165) is 59.8 Å². The molecule has 204 valence electrons. The summed E-state index contributed by atoms with van der Waals surface area (Å²) in [5, 5.41) is 3.84. The number of amides is 2. The minimum Gasteiger partial charge on any atom is -0.466 e. The Morgan fingerprint density at radius 1 is 1.05 bits per heavy atom. The minimum absolute atomic E-state index is 0.136. The Bertz CT molecular complexity index is 1410. The number of rotatable bonds is 9. The number of unbranched alkanes of at least 4 members (excludes halogenated alkanes) is 4. The Morgan fingerprint density at radius 3 is 2.74 bits per heavy atom. The molecule has 1 aromatic heterocycles. The molecule has 39 heavy (non-hydrogen) atoms. The molecule has 2 N–H and O–H groups in total. The van der Waals surface area contributed by atoms with Gasteiger partial charge in [0.15, 0.2) is 11.5 Å². The number of H-pyrrole nitrogens is 1. The van der Waals surface area contributed by atoms with Gasteiger partial charge in [-0.15, -0.1) is 0 Å². The van der Waals surface area contributed by atoms with Gasteiger partial charge in [0, 0.05) is 23.0 Å². The Balaban J connectivity index is 1.29. The Morgan fingerprint density at radius 2 is 1.87 bits per heavy atom. The lowest BCUT2D eigenvalue weighted by atomic mass is 9.85. The zero-order valence-corrected chi connectivity index (χ0v) is 22.0. The molecule has 0 aliphatic carbocycles. The van der Waals surface area contributed by atoms with E-state index < -0.39 is 24.1 Å². The number of hydrogen-bond acceptors (Lipinski definition) is 6. The van der Waals surface area contributed by atoms with Crippen LogP contribution in [0.25, 0.3) is 10.9 Å². The first kappa shape index (κ1) is 25.3.